The predicted octanol–water partition coefficient (Wildman–Crippen LogP) is 4.35. The van der Waals surface area contributed by atoms with Gasteiger partial charge in [0.1, 0.15) is 17.0 Å². The minimum Gasteiger partial charge on any atom is -0.494 e. The molecule has 0 aliphatic heterocycles. The van der Waals surface area contributed by atoms with Crippen LogP contribution in [-0.2, 0) is 6.18 Å². The Labute approximate surface area is 118 Å². The number of nitrogens with one attached hydrogen (secondary N) is 1. The average Bonchev–Trinajstić information content (AvgIpc) is 2.38. The Kier molecular flexibility index (Phi) is 3.94. The van der Waals surface area contributed by atoms with Crippen molar-refractivity contribution < 1.29 is 17.9 Å². The maximum Gasteiger partial charge on any atom is 0.433 e. The van der Waals surface area contributed by atoms with Crippen molar-refractivity contribution in [1.82, 2.24) is 4.98 Å². The molecule has 7 heteroatoms. The summed E-state index contributed by atoms with van der Waals surface area (Å²) in [4.78, 5) is 3.65. The molecule has 1 N–H and O–H groups in total. The van der Waals surface area contributed by atoms with Crippen LogP contribution >= 0.6 is 11.6 Å². The first kappa shape index (κ1) is 14.7. The van der Waals surface area contributed by atoms with E-state index in [2.05, 4.69) is 10.3 Å². The van der Waals surface area contributed by atoms with Crippen LogP contribution in [-0.4, -0.2) is 18.6 Å². The fourth-order valence-corrected chi connectivity index (χ4v) is 2.17. The second-order valence-electron chi connectivity index (χ2n) is 4.06. The molecule has 0 radical (unpaired) electrons. The molecule has 0 fully saturated rings. The molecule has 1 aromatic carbocycles. The number of ether oxygens (including phenoxy) is 1. The molecule has 0 spiro atoms. The molecule has 1 aromatic heterocycles. The van der Waals surface area contributed by atoms with E-state index < -0.39 is 11.9 Å². The fraction of sp³-hybridized carbons (Fsp3) is 0.308. The van der Waals surface area contributed by atoms with Crippen molar-refractivity contribution in [3.05, 3.63) is 28.9 Å². The number of hydrogen-bond acceptors (Lipinski definition) is 3. The Bertz CT molecular complexity index is 644. The van der Waals surface area contributed by atoms with Gasteiger partial charge in [0.05, 0.1) is 12.1 Å². The SMILES string of the molecule is CCNc1cc(C(F)(F)F)nc2c(OC)ccc(Cl)c12. The zero-order chi connectivity index (χ0) is 14.9. The van der Waals surface area contributed by atoms with Gasteiger partial charge in [-0.3, -0.25) is 0 Å². The van der Waals surface area contributed by atoms with Crippen molar-refractivity contribution >= 4 is 28.2 Å². The summed E-state index contributed by atoms with van der Waals surface area (Å²) in [5.41, 5.74) is -0.610. The second-order valence-corrected chi connectivity index (χ2v) is 4.46. The third-order valence-electron chi connectivity index (χ3n) is 2.75. The number of hydrogen-bond donors (Lipinski definition) is 1. The third-order valence-corrected chi connectivity index (χ3v) is 3.07. The van der Waals surface area contributed by atoms with Gasteiger partial charge in [-0.1, -0.05) is 11.6 Å². The summed E-state index contributed by atoms with van der Waals surface area (Å²) in [5.74, 6) is 0.245. The number of nitrogens with zero attached hydrogens (tertiary/aromatic N) is 1. The molecule has 108 valence electrons. The zero-order valence-corrected chi connectivity index (χ0v) is 11.6. The minimum absolute atomic E-state index is 0.0887. The Morgan fingerprint density at radius 2 is 2.05 bits per heavy atom. The van der Waals surface area contributed by atoms with Gasteiger partial charge in [-0.2, -0.15) is 13.2 Å². The van der Waals surface area contributed by atoms with E-state index in [-0.39, 0.29) is 17.0 Å². The molecule has 3 nitrogen and oxygen atoms in total. The van der Waals surface area contributed by atoms with E-state index in [0.717, 1.165) is 6.07 Å². The number of anilines is 1. The van der Waals surface area contributed by atoms with Crippen molar-refractivity contribution in [3.63, 3.8) is 0 Å². The lowest BCUT2D eigenvalue weighted by molar-refractivity contribution is -0.140. The van der Waals surface area contributed by atoms with Crippen molar-refractivity contribution in [2.75, 3.05) is 19.0 Å². The van der Waals surface area contributed by atoms with E-state index in [0.29, 0.717) is 17.0 Å². The van der Waals surface area contributed by atoms with Gasteiger partial charge in [-0.15, -0.1) is 0 Å². The molecule has 0 aliphatic rings. The summed E-state index contributed by atoms with van der Waals surface area (Å²) in [5, 5.41) is 3.61. The smallest absolute Gasteiger partial charge is 0.433 e. The Morgan fingerprint density at radius 3 is 2.60 bits per heavy atom. The number of methoxy groups -OCH3 is 1. The first-order valence-corrected chi connectivity index (χ1v) is 6.24. The van der Waals surface area contributed by atoms with Crippen LogP contribution in [0.4, 0.5) is 18.9 Å². The normalized spacial score (nSPS) is 11.7. The first-order valence-electron chi connectivity index (χ1n) is 5.86. The number of rotatable bonds is 3. The lowest BCUT2D eigenvalue weighted by Gasteiger charge is -2.15. The van der Waals surface area contributed by atoms with Crippen LogP contribution in [0.1, 0.15) is 12.6 Å². The lowest BCUT2D eigenvalue weighted by atomic mass is 10.1. The number of halogens is 4. The van der Waals surface area contributed by atoms with Crippen LogP contribution in [0.2, 0.25) is 5.02 Å². The van der Waals surface area contributed by atoms with Crippen LogP contribution in [0, 0.1) is 0 Å². The molecule has 0 bridgehead atoms. The van der Waals surface area contributed by atoms with Crippen molar-refractivity contribution in [2.45, 2.75) is 13.1 Å². The molecule has 0 unspecified atom stereocenters. The van der Waals surface area contributed by atoms with E-state index in [9.17, 15) is 13.2 Å². The van der Waals surface area contributed by atoms with Gasteiger partial charge < -0.3 is 10.1 Å². The third kappa shape index (κ3) is 2.60. The summed E-state index contributed by atoms with van der Waals surface area (Å²) in [6, 6.07) is 4.02. The zero-order valence-electron chi connectivity index (χ0n) is 10.8. The molecule has 1 heterocycles. The average molecular weight is 305 g/mol. The van der Waals surface area contributed by atoms with E-state index in [1.54, 1.807) is 13.0 Å². The molecular formula is C13H12ClF3N2O. The predicted molar refractivity (Wildman–Crippen MR) is 72.5 cm³/mol. The quantitative estimate of drug-likeness (QED) is 0.915. The monoisotopic (exact) mass is 304 g/mol. The summed E-state index contributed by atoms with van der Waals surface area (Å²) < 4.78 is 43.8. The molecule has 0 saturated heterocycles. The van der Waals surface area contributed by atoms with E-state index in [4.69, 9.17) is 16.3 Å². The number of alkyl halides is 3. The molecule has 0 amide bonds. The van der Waals surface area contributed by atoms with Gasteiger partial charge >= 0.3 is 6.18 Å². The number of fused-ring (bicyclic) bond motifs is 1. The molecular weight excluding hydrogens is 293 g/mol. The van der Waals surface area contributed by atoms with Gasteiger partial charge in [0.15, 0.2) is 0 Å². The van der Waals surface area contributed by atoms with Crippen molar-refractivity contribution in [3.8, 4) is 5.75 Å². The number of pyridine rings is 1. The topological polar surface area (TPSA) is 34.2 Å². The first-order chi connectivity index (χ1) is 9.38. The van der Waals surface area contributed by atoms with Crippen molar-refractivity contribution in [1.29, 1.82) is 0 Å². The van der Waals surface area contributed by atoms with Gasteiger partial charge in [0, 0.05) is 17.6 Å². The molecule has 0 atom stereocenters. The number of aromatic nitrogens is 1. The largest absolute Gasteiger partial charge is 0.494 e. The maximum absolute atomic E-state index is 12.9. The summed E-state index contributed by atoms with van der Waals surface area (Å²) in [6.45, 7) is 2.25. The second kappa shape index (κ2) is 5.36. The van der Waals surface area contributed by atoms with Crippen LogP contribution in [0.3, 0.4) is 0 Å². The van der Waals surface area contributed by atoms with Gasteiger partial charge in [-0.05, 0) is 25.1 Å². The van der Waals surface area contributed by atoms with Crippen LogP contribution in [0.25, 0.3) is 10.9 Å². The Morgan fingerprint density at radius 1 is 1.35 bits per heavy atom. The summed E-state index contributed by atoms with van der Waals surface area (Å²) in [7, 11) is 1.37. The van der Waals surface area contributed by atoms with Gasteiger partial charge in [0.25, 0.3) is 0 Å². The van der Waals surface area contributed by atoms with E-state index >= 15 is 0 Å². The molecule has 20 heavy (non-hydrogen) atoms. The highest BCUT2D eigenvalue weighted by atomic mass is 35.5. The highest BCUT2D eigenvalue weighted by Gasteiger charge is 2.34. The van der Waals surface area contributed by atoms with Gasteiger partial charge in [0.2, 0.25) is 0 Å². The lowest BCUT2D eigenvalue weighted by Crippen LogP contribution is -2.10. The highest BCUT2D eigenvalue weighted by molar-refractivity contribution is 6.36. The molecule has 0 aliphatic carbocycles. The Balaban J connectivity index is 2.84. The van der Waals surface area contributed by atoms with E-state index in [1.165, 1.54) is 13.2 Å². The summed E-state index contributed by atoms with van der Waals surface area (Å²) >= 11 is 6.08. The summed E-state index contributed by atoms with van der Waals surface area (Å²) in [6.07, 6.45) is -4.54. The van der Waals surface area contributed by atoms with Crippen molar-refractivity contribution in [2.24, 2.45) is 0 Å². The molecule has 2 aromatic rings. The van der Waals surface area contributed by atoms with E-state index in [1.807, 2.05) is 0 Å². The van der Waals surface area contributed by atoms with Crippen LogP contribution < -0.4 is 10.1 Å². The van der Waals surface area contributed by atoms with Crippen LogP contribution in [0.15, 0.2) is 18.2 Å². The van der Waals surface area contributed by atoms with Gasteiger partial charge in [-0.25, -0.2) is 4.98 Å². The van der Waals surface area contributed by atoms with Crippen LogP contribution in [0.5, 0.6) is 5.75 Å². The standard InChI is InChI=1S/C13H12ClF3N2O/c1-3-18-8-6-10(13(15,16)17)19-12-9(20-2)5-4-7(14)11(8)12/h4-6H,3H2,1-2H3,(H,18,19). The molecule has 2 rings (SSSR count). The highest BCUT2D eigenvalue weighted by Crippen LogP contribution is 2.39. The number of benzene rings is 1. The Hall–Kier alpha value is -1.69. The fourth-order valence-electron chi connectivity index (χ4n) is 1.92. The minimum atomic E-state index is -4.54. The molecule has 0 saturated carbocycles. The maximum atomic E-state index is 12.9.